The third-order valence-corrected chi connectivity index (χ3v) is 5.91. The summed E-state index contributed by atoms with van der Waals surface area (Å²) in [5.74, 6) is 0.161. The zero-order valence-corrected chi connectivity index (χ0v) is 16.6. The molecule has 4 heterocycles. The first-order valence-corrected chi connectivity index (χ1v) is 10.0. The van der Waals surface area contributed by atoms with Crippen LogP contribution in [0.1, 0.15) is 18.2 Å². The monoisotopic (exact) mass is 411 g/mol. The lowest BCUT2D eigenvalue weighted by Crippen LogP contribution is -2.36. The molecule has 0 spiro atoms. The number of ether oxygens (including phenoxy) is 2. The normalized spacial score (nSPS) is 22.9. The molecule has 2 fully saturated rings. The molecule has 2 aromatic heterocycles. The number of nitrogens with zero attached hydrogens (tertiary/aromatic N) is 4. The molecule has 28 heavy (non-hydrogen) atoms. The highest BCUT2D eigenvalue weighted by Gasteiger charge is 2.31. The van der Waals surface area contributed by atoms with Gasteiger partial charge in [0.1, 0.15) is 6.10 Å². The van der Waals surface area contributed by atoms with Crippen molar-refractivity contribution in [3.63, 3.8) is 0 Å². The largest absolute Gasteiger partial charge is 0.473 e. The summed E-state index contributed by atoms with van der Waals surface area (Å²) in [5.41, 5.74) is 6.68. The second kappa shape index (κ2) is 8.99. The molecule has 4 N–H and O–H groups in total. The zero-order valence-electron chi connectivity index (χ0n) is 15.8. The van der Waals surface area contributed by atoms with Crippen molar-refractivity contribution in [2.24, 2.45) is 0 Å². The van der Waals surface area contributed by atoms with Gasteiger partial charge in [0.2, 0.25) is 11.8 Å². The first-order chi connectivity index (χ1) is 13.1. The van der Waals surface area contributed by atoms with E-state index in [1.54, 1.807) is 0 Å². The molecule has 0 aromatic carbocycles. The second-order valence-corrected chi connectivity index (χ2v) is 8.09. The smallest absolute Gasteiger partial charge is 0.230 e. The summed E-state index contributed by atoms with van der Waals surface area (Å²) in [7, 11) is 0. The number of rotatable bonds is 5. The number of hydrogen-bond acceptors (Lipinski definition) is 8. The summed E-state index contributed by atoms with van der Waals surface area (Å²) < 4.78 is 25.2. The van der Waals surface area contributed by atoms with E-state index in [2.05, 4.69) is 26.7 Å². The number of aromatic nitrogens is 2. The highest BCUT2D eigenvalue weighted by Crippen LogP contribution is 2.28. The van der Waals surface area contributed by atoms with Gasteiger partial charge in [-0.15, -0.1) is 0 Å². The van der Waals surface area contributed by atoms with Crippen LogP contribution in [0.3, 0.4) is 0 Å². The molecule has 2 atom stereocenters. The number of pyridine rings is 1. The molecule has 4 rings (SSSR count). The van der Waals surface area contributed by atoms with Crippen molar-refractivity contribution < 1.29 is 19.3 Å². The van der Waals surface area contributed by atoms with Gasteiger partial charge < -0.3 is 25.6 Å². The Hall–Kier alpha value is -2.01. The molecule has 2 aliphatic heterocycles. The number of nitrogens with two attached hydrogens (primary N) is 1. The van der Waals surface area contributed by atoms with Gasteiger partial charge in [-0.05, 0) is 13.0 Å². The van der Waals surface area contributed by atoms with Crippen molar-refractivity contribution in [1.82, 2.24) is 14.9 Å². The maximum atomic E-state index is 13.8. The Morgan fingerprint density at radius 1 is 1.36 bits per heavy atom. The van der Waals surface area contributed by atoms with Gasteiger partial charge in [-0.1, -0.05) is 11.3 Å². The summed E-state index contributed by atoms with van der Waals surface area (Å²) in [6.07, 6.45) is 2.77. The lowest BCUT2D eigenvalue weighted by atomic mass is 10.2. The summed E-state index contributed by atoms with van der Waals surface area (Å²) >= 11 is 1.21. The van der Waals surface area contributed by atoms with Crippen LogP contribution in [0, 0.1) is 5.95 Å². The Balaban J connectivity index is 0.00000225. The minimum absolute atomic E-state index is 0. The lowest BCUT2D eigenvalue weighted by Gasteiger charge is -2.28. The molecule has 10 heteroatoms. The van der Waals surface area contributed by atoms with Crippen molar-refractivity contribution in [2.45, 2.75) is 32.0 Å². The van der Waals surface area contributed by atoms with E-state index in [0.29, 0.717) is 23.3 Å². The zero-order chi connectivity index (χ0) is 18.8. The number of likely N-dealkylation sites (tertiary alicyclic amines) is 1. The van der Waals surface area contributed by atoms with Gasteiger partial charge in [-0.25, -0.2) is 4.98 Å². The molecule has 0 radical (unpaired) electrons. The van der Waals surface area contributed by atoms with E-state index in [1.165, 1.54) is 11.3 Å². The number of thiazole rings is 1. The Kier molecular flexibility index (Phi) is 6.65. The van der Waals surface area contributed by atoms with Crippen molar-refractivity contribution in [1.29, 1.82) is 0 Å². The highest BCUT2D eigenvalue weighted by atomic mass is 32.1. The number of halogens is 1. The molecule has 0 amide bonds. The van der Waals surface area contributed by atoms with Crippen LogP contribution in [0.2, 0.25) is 0 Å². The topological polar surface area (TPSA) is 108 Å². The average molecular weight is 412 g/mol. The third-order valence-electron chi connectivity index (χ3n) is 5.06. The van der Waals surface area contributed by atoms with E-state index in [4.69, 9.17) is 15.2 Å². The van der Waals surface area contributed by atoms with Crippen molar-refractivity contribution in [3.8, 4) is 5.88 Å². The van der Waals surface area contributed by atoms with Gasteiger partial charge in [-0.3, -0.25) is 4.90 Å². The van der Waals surface area contributed by atoms with Crippen molar-refractivity contribution >= 4 is 22.2 Å². The predicted molar refractivity (Wildman–Crippen MR) is 106 cm³/mol. The minimum Gasteiger partial charge on any atom is -0.473 e. The van der Waals surface area contributed by atoms with E-state index in [-0.39, 0.29) is 16.7 Å². The molecule has 2 saturated heterocycles. The van der Waals surface area contributed by atoms with E-state index in [0.717, 1.165) is 45.0 Å². The number of nitrogen functional groups attached to an aromatic ring is 1. The van der Waals surface area contributed by atoms with Crippen molar-refractivity contribution in [2.75, 3.05) is 43.5 Å². The van der Waals surface area contributed by atoms with Gasteiger partial charge in [0.05, 0.1) is 30.0 Å². The van der Waals surface area contributed by atoms with Crippen LogP contribution in [0.15, 0.2) is 18.3 Å². The van der Waals surface area contributed by atoms with Gasteiger partial charge in [0, 0.05) is 44.7 Å². The highest BCUT2D eigenvalue weighted by molar-refractivity contribution is 7.15. The summed E-state index contributed by atoms with van der Waals surface area (Å²) in [4.78, 5) is 13.2. The molecule has 8 nitrogen and oxygen atoms in total. The van der Waals surface area contributed by atoms with E-state index < -0.39 is 5.95 Å². The molecular weight excluding hydrogens is 385 g/mol. The molecule has 0 saturated carbocycles. The fourth-order valence-electron chi connectivity index (χ4n) is 3.61. The Morgan fingerprint density at radius 3 is 2.79 bits per heavy atom. The van der Waals surface area contributed by atoms with Crippen LogP contribution in [-0.2, 0) is 11.3 Å². The van der Waals surface area contributed by atoms with Crippen LogP contribution < -0.4 is 15.4 Å². The molecule has 0 bridgehead atoms. The van der Waals surface area contributed by atoms with E-state index >= 15 is 0 Å². The van der Waals surface area contributed by atoms with Crippen LogP contribution in [0.5, 0.6) is 5.88 Å². The number of anilines is 2. The second-order valence-electron chi connectivity index (χ2n) is 6.97. The molecule has 0 aliphatic carbocycles. The standard InChI is InChI=1S/C18H24FN5O2S.H2O/c1-12-8-14(10-24(12)11-15-17(19)22-18(20)27-15)26-16-3-2-13(9-21-16)23-4-6-25-7-5-23;/h2-3,9,12,14H,4-8,10-11H2,1H3,(H2,20,22);1H2/t12-,14+;/m0./s1. The predicted octanol–water partition coefficient (Wildman–Crippen LogP) is 1.31. The Morgan fingerprint density at radius 2 is 2.14 bits per heavy atom. The first kappa shape index (κ1) is 20.7. The fraction of sp³-hybridized carbons (Fsp3) is 0.556. The van der Waals surface area contributed by atoms with E-state index in [9.17, 15) is 4.39 Å². The number of hydrogen-bond donors (Lipinski definition) is 1. The van der Waals surface area contributed by atoms with Crippen LogP contribution in [0.4, 0.5) is 15.2 Å². The van der Waals surface area contributed by atoms with Gasteiger partial charge in [-0.2, -0.15) is 9.37 Å². The van der Waals surface area contributed by atoms with Gasteiger partial charge >= 0.3 is 0 Å². The van der Waals surface area contributed by atoms with E-state index in [1.807, 2.05) is 18.3 Å². The quantitative estimate of drug-likeness (QED) is 0.790. The Bertz CT molecular complexity index is 769. The molecule has 0 unspecified atom stereocenters. The summed E-state index contributed by atoms with van der Waals surface area (Å²) in [6, 6.07) is 4.26. The number of morpholine rings is 1. The van der Waals surface area contributed by atoms with Crippen LogP contribution >= 0.6 is 11.3 Å². The fourth-order valence-corrected chi connectivity index (χ4v) is 4.34. The van der Waals surface area contributed by atoms with Crippen molar-refractivity contribution in [3.05, 3.63) is 29.2 Å². The minimum atomic E-state index is -0.463. The molecule has 2 aliphatic rings. The lowest BCUT2D eigenvalue weighted by molar-refractivity contribution is 0.122. The van der Waals surface area contributed by atoms with Gasteiger partial charge in [0.15, 0.2) is 5.13 Å². The maximum absolute atomic E-state index is 13.8. The van der Waals surface area contributed by atoms with Crippen LogP contribution in [0.25, 0.3) is 0 Å². The molecular formula is C18H26FN5O3S. The van der Waals surface area contributed by atoms with Crippen LogP contribution in [-0.4, -0.2) is 65.3 Å². The molecule has 2 aromatic rings. The first-order valence-electron chi connectivity index (χ1n) is 9.18. The molecule has 154 valence electrons. The average Bonchev–Trinajstić information content (AvgIpc) is 3.17. The SMILES string of the molecule is C[C@H]1C[C@@H](Oc2ccc(N3CCOCC3)cn2)CN1Cc1sc(N)nc1F.O. The third kappa shape index (κ3) is 4.69. The summed E-state index contributed by atoms with van der Waals surface area (Å²) in [6.45, 7) is 6.63. The Labute approximate surface area is 167 Å². The maximum Gasteiger partial charge on any atom is 0.230 e. The van der Waals surface area contributed by atoms with Gasteiger partial charge in [0.25, 0.3) is 0 Å². The summed E-state index contributed by atoms with van der Waals surface area (Å²) in [5, 5.41) is 0.270.